The molecule has 0 atom stereocenters. The van der Waals surface area contributed by atoms with Gasteiger partial charge in [-0.05, 0) is 43.5 Å². The third kappa shape index (κ3) is 3.18. The number of hydrogen-bond donors (Lipinski definition) is 1. The quantitative estimate of drug-likeness (QED) is 0.913. The lowest BCUT2D eigenvalue weighted by Gasteiger charge is -2.36. The molecule has 0 aromatic carbocycles. The van der Waals surface area contributed by atoms with Crippen LogP contribution in [0.3, 0.4) is 0 Å². The van der Waals surface area contributed by atoms with E-state index in [4.69, 9.17) is 5.73 Å². The Morgan fingerprint density at radius 3 is 2.33 bits per heavy atom. The first-order chi connectivity index (χ1) is 11.5. The van der Waals surface area contributed by atoms with Crippen molar-refractivity contribution in [2.75, 3.05) is 36.8 Å². The molecule has 0 bridgehead atoms. The van der Waals surface area contributed by atoms with E-state index in [-0.39, 0.29) is 5.91 Å². The Morgan fingerprint density at radius 2 is 1.71 bits per heavy atom. The summed E-state index contributed by atoms with van der Waals surface area (Å²) >= 11 is 0. The van der Waals surface area contributed by atoms with Gasteiger partial charge in [-0.3, -0.25) is 4.79 Å². The zero-order valence-electron chi connectivity index (χ0n) is 14.4. The number of aryl methyl sites for hydroxylation is 3. The fourth-order valence-electron chi connectivity index (χ4n) is 3.13. The van der Waals surface area contributed by atoms with Crippen molar-refractivity contribution >= 4 is 17.5 Å². The molecule has 6 nitrogen and oxygen atoms in total. The molecule has 0 aliphatic carbocycles. The molecule has 0 unspecified atom stereocenters. The van der Waals surface area contributed by atoms with Crippen LogP contribution in [0.2, 0.25) is 0 Å². The van der Waals surface area contributed by atoms with Crippen molar-refractivity contribution in [1.82, 2.24) is 14.9 Å². The molecule has 1 aliphatic heterocycles. The summed E-state index contributed by atoms with van der Waals surface area (Å²) in [5.74, 6) is 1.47. The van der Waals surface area contributed by atoms with Gasteiger partial charge in [-0.25, -0.2) is 9.97 Å². The van der Waals surface area contributed by atoms with E-state index < -0.39 is 0 Å². The largest absolute Gasteiger partial charge is 0.384 e. The summed E-state index contributed by atoms with van der Waals surface area (Å²) in [6, 6.07) is 3.88. The smallest absolute Gasteiger partial charge is 0.255 e. The maximum atomic E-state index is 12.7. The lowest BCUT2D eigenvalue weighted by Crippen LogP contribution is -2.49. The molecule has 0 spiro atoms. The van der Waals surface area contributed by atoms with Crippen LogP contribution in [0, 0.1) is 20.8 Å². The summed E-state index contributed by atoms with van der Waals surface area (Å²) in [6.45, 7) is 8.93. The van der Waals surface area contributed by atoms with E-state index >= 15 is 0 Å². The topological polar surface area (TPSA) is 75.4 Å². The standard InChI is InChI=1S/C18H23N5O/c1-12-8-14(3)17(21-10-12)22-4-6-23(7-5-22)18(24)15-11-20-16(19)9-13(15)2/h8-11H,4-7H2,1-3H3,(H2,19,20). The molecule has 2 N–H and O–H groups in total. The van der Waals surface area contributed by atoms with E-state index in [0.717, 1.165) is 30.0 Å². The number of amides is 1. The Balaban J connectivity index is 1.69. The Kier molecular flexibility index (Phi) is 4.38. The molecular weight excluding hydrogens is 302 g/mol. The molecule has 6 heteroatoms. The third-order valence-corrected chi connectivity index (χ3v) is 4.42. The van der Waals surface area contributed by atoms with Crippen molar-refractivity contribution in [3.8, 4) is 0 Å². The van der Waals surface area contributed by atoms with Gasteiger partial charge in [0.1, 0.15) is 11.6 Å². The highest BCUT2D eigenvalue weighted by Crippen LogP contribution is 2.20. The summed E-state index contributed by atoms with van der Waals surface area (Å²) in [6.07, 6.45) is 3.47. The molecule has 0 radical (unpaired) electrons. The molecule has 2 aromatic rings. The number of nitrogens with zero attached hydrogens (tertiary/aromatic N) is 4. The predicted molar refractivity (Wildman–Crippen MR) is 95.2 cm³/mol. The van der Waals surface area contributed by atoms with Crippen LogP contribution in [-0.2, 0) is 0 Å². The molecule has 1 saturated heterocycles. The van der Waals surface area contributed by atoms with Crippen molar-refractivity contribution in [1.29, 1.82) is 0 Å². The predicted octanol–water partition coefficient (Wildman–Crippen LogP) is 1.95. The molecule has 24 heavy (non-hydrogen) atoms. The molecular formula is C18H23N5O. The van der Waals surface area contributed by atoms with Crippen molar-refractivity contribution in [3.63, 3.8) is 0 Å². The average Bonchev–Trinajstić information content (AvgIpc) is 2.54. The van der Waals surface area contributed by atoms with Crippen LogP contribution in [0.4, 0.5) is 11.6 Å². The first-order valence-corrected chi connectivity index (χ1v) is 8.15. The number of anilines is 2. The van der Waals surface area contributed by atoms with Gasteiger partial charge in [0.2, 0.25) is 0 Å². The fraction of sp³-hybridized carbons (Fsp3) is 0.389. The second-order valence-electron chi connectivity index (χ2n) is 6.36. The SMILES string of the molecule is Cc1cnc(N2CCN(C(=O)c3cnc(N)cc3C)CC2)c(C)c1. The second kappa shape index (κ2) is 6.47. The zero-order chi connectivity index (χ0) is 17.3. The molecule has 2 aromatic heterocycles. The van der Waals surface area contributed by atoms with Gasteiger partial charge in [0.25, 0.3) is 5.91 Å². The van der Waals surface area contributed by atoms with Gasteiger partial charge in [-0.1, -0.05) is 6.07 Å². The number of piperazine rings is 1. The Morgan fingerprint density at radius 1 is 1.00 bits per heavy atom. The van der Waals surface area contributed by atoms with Crippen molar-refractivity contribution in [2.45, 2.75) is 20.8 Å². The normalized spacial score (nSPS) is 14.8. The first-order valence-electron chi connectivity index (χ1n) is 8.15. The highest BCUT2D eigenvalue weighted by Gasteiger charge is 2.24. The summed E-state index contributed by atoms with van der Waals surface area (Å²) < 4.78 is 0. The third-order valence-electron chi connectivity index (χ3n) is 4.42. The molecule has 3 rings (SSSR count). The Bertz CT molecular complexity index is 766. The highest BCUT2D eigenvalue weighted by atomic mass is 16.2. The fourth-order valence-corrected chi connectivity index (χ4v) is 3.13. The van der Waals surface area contributed by atoms with Crippen LogP contribution in [0.15, 0.2) is 24.5 Å². The number of nitrogens with two attached hydrogens (primary N) is 1. The van der Waals surface area contributed by atoms with Gasteiger partial charge in [-0.2, -0.15) is 0 Å². The van der Waals surface area contributed by atoms with Crippen molar-refractivity contribution < 1.29 is 4.79 Å². The average molecular weight is 325 g/mol. The van der Waals surface area contributed by atoms with E-state index in [9.17, 15) is 4.79 Å². The van der Waals surface area contributed by atoms with Crippen LogP contribution in [0.1, 0.15) is 27.0 Å². The molecule has 126 valence electrons. The van der Waals surface area contributed by atoms with Crippen LogP contribution in [0.5, 0.6) is 0 Å². The highest BCUT2D eigenvalue weighted by molar-refractivity contribution is 5.95. The molecule has 3 heterocycles. The number of carbonyl (C=O) groups excluding carboxylic acids is 1. The van der Waals surface area contributed by atoms with E-state index in [2.05, 4.69) is 27.9 Å². The van der Waals surface area contributed by atoms with E-state index in [1.807, 2.05) is 24.9 Å². The van der Waals surface area contributed by atoms with Crippen molar-refractivity contribution in [2.24, 2.45) is 0 Å². The van der Waals surface area contributed by atoms with Gasteiger partial charge in [0.15, 0.2) is 0 Å². The van der Waals surface area contributed by atoms with Crippen LogP contribution in [-0.4, -0.2) is 47.0 Å². The number of carbonyl (C=O) groups is 1. The Labute approximate surface area is 142 Å². The first kappa shape index (κ1) is 16.2. The van der Waals surface area contributed by atoms with Gasteiger partial charge in [-0.15, -0.1) is 0 Å². The van der Waals surface area contributed by atoms with Gasteiger partial charge >= 0.3 is 0 Å². The maximum Gasteiger partial charge on any atom is 0.255 e. The minimum Gasteiger partial charge on any atom is -0.384 e. The second-order valence-corrected chi connectivity index (χ2v) is 6.36. The summed E-state index contributed by atoms with van der Waals surface area (Å²) in [5, 5.41) is 0. The van der Waals surface area contributed by atoms with E-state index in [1.54, 1.807) is 12.3 Å². The summed E-state index contributed by atoms with van der Waals surface area (Å²) in [7, 11) is 0. The Hall–Kier alpha value is -2.63. The van der Waals surface area contributed by atoms with Gasteiger partial charge in [0.05, 0.1) is 5.56 Å². The van der Waals surface area contributed by atoms with Gasteiger partial charge < -0.3 is 15.5 Å². The van der Waals surface area contributed by atoms with Crippen LogP contribution < -0.4 is 10.6 Å². The lowest BCUT2D eigenvalue weighted by atomic mass is 10.1. The van der Waals surface area contributed by atoms with Crippen LogP contribution in [0.25, 0.3) is 0 Å². The maximum absolute atomic E-state index is 12.7. The minimum absolute atomic E-state index is 0.0215. The number of nitrogen functional groups attached to an aromatic ring is 1. The molecule has 0 saturated carbocycles. The summed E-state index contributed by atoms with van der Waals surface area (Å²) in [5.41, 5.74) is 9.50. The van der Waals surface area contributed by atoms with E-state index in [1.165, 1.54) is 5.56 Å². The van der Waals surface area contributed by atoms with E-state index in [0.29, 0.717) is 24.5 Å². The number of rotatable bonds is 2. The number of hydrogen-bond acceptors (Lipinski definition) is 5. The number of aromatic nitrogens is 2. The van der Waals surface area contributed by atoms with Gasteiger partial charge in [0, 0.05) is 38.6 Å². The molecule has 1 aliphatic rings. The summed E-state index contributed by atoms with van der Waals surface area (Å²) in [4.78, 5) is 25.4. The van der Waals surface area contributed by atoms with Crippen LogP contribution >= 0.6 is 0 Å². The monoisotopic (exact) mass is 325 g/mol. The minimum atomic E-state index is 0.0215. The zero-order valence-corrected chi connectivity index (χ0v) is 14.4. The molecule has 1 amide bonds. The molecule has 1 fully saturated rings. The van der Waals surface area contributed by atoms with Crippen molar-refractivity contribution in [3.05, 3.63) is 46.8 Å². The number of pyridine rings is 2. The lowest BCUT2D eigenvalue weighted by molar-refractivity contribution is 0.0745.